The summed E-state index contributed by atoms with van der Waals surface area (Å²) in [6, 6.07) is 5.94. The molecule has 0 radical (unpaired) electrons. The minimum Gasteiger partial charge on any atom is -0.494 e. The summed E-state index contributed by atoms with van der Waals surface area (Å²) < 4.78 is 11.7. The fourth-order valence-corrected chi connectivity index (χ4v) is 3.11. The van der Waals surface area contributed by atoms with E-state index >= 15 is 0 Å². The van der Waals surface area contributed by atoms with E-state index in [4.69, 9.17) is 9.47 Å². The molecule has 0 aliphatic rings. The van der Waals surface area contributed by atoms with Crippen molar-refractivity contribution >= 4 is 12.6 Å². The Morgan fingerprint density at radius 2 is 1.20 bits per heavy atom. The summed E-state index contributed by atoms with van der Waals surface area (Å²) in [4.78, 5) is 0.867. The third-order valence-electron chi connectivity index (χ3n) is 4.45. The van der Waals surface area contributed by atoms with Gasteiger partial charge in [0, 0.05) is 4.90 Å². The molecule has 0 spiro atoms. The van der Waals surface area contributed by atoms with Gasteiger partial charge in [0.15, 0.2) is 0 Å². The highest BCUT2D eigenvalue weighted by molar-refractivity contribution is 7.80. The average Bonchev–Trinajstić information content (AvgIpc) is 2.61. The maximum absolute atomic E-state index is 5.85. The quantitative estimate of drug-likeness (QED) is 0.242. The summed E-state index contributed by atoms with van der Waals surface area (Å²) in [5.74, 6) is 1.76. The van der Waals surface area contributed by atoms with Crippen LogP contribution < -0.4 is 9.47 Å². The van der Waals surface area contributed by atoms with Gasteiger partial charge in [-0.05, 0) is 31.0 Å². The van der Waals surface area contributed by atoms with Crippen molar-refractivity contribution in [2.45, 2.75) is 95.8 Å². The van der Waals surface area contributed by atoms with Crippen LogP contribution in [0.5, 0.6) is 11.5 Å². The summed E-state index contributed by atoms with van der Waals surface area (Å²) >= 11 is 4.54. The van der Waals surface area contributed by atoms with E-state index in [2.05, 4.69) is 26.5 Å². The molecule has 0 amide bonds. The smallest absolute Gasteiger partial charge is 0.132 e. The van der Waals surface area contributed by atoms with Crippen molar-refractivity contribution in [2.75, 3.05) is 13.2 Å². The van der Waals surface area contributed by atoms with E-state index in [0.717, 1.165) is 42.4 Å². The Kier molecular flexibility index (Phi) is 13.7. The van der Waals surface area contributed by atoms with E-state index in [1.165, 1.54) is 64.2 Å². The van der Waals surface area contributed by atoms with E-state index in [1.807, 2.05) is 18.2 Å². The van der Waals surface area contributed by atoms with Crippen LogP contribution in [-0.4, -0.2) is 13.2 Å². The van der Waals surface area contributed by atoms with Crippen LogP contribution in [0.25, 0.3) is 0 Å². The summed E-state index contributed by atoms with van der Waals surface area (Å²) in [7, 11) is 0. The Hall–Kier alpha value is -0.830. The van der Waals surface area contributed by atoms with Crippen LogP contribution in [0.1, 0.15) is 90.9 Å². The lowest BCUT2D eigenvalue weighted by atomic mass is 10.1. The molecule has 144 valence electrons. The second-order valence-corrected chi connectivity index (χ2v) is 7.34. The van der Waals surface area contributed by atoms with Gasteiger partial charge in [-0.1, -0.05) is 78.1 Å². The largest absolute Gasteiger partial charge is 0.494 e. The fourth-order valence-electron chi connectivity index (χ4n) is 2.85. The first kappa shape index (κ1) is 22.2. The Morgan fingerprint density at radius 3 is 1.76 bits per heavy atom. The molecule has 1 aromatic carbocycles. The van der Waals surface area contributed by atoms with Crippen LogP contribution in [0, 0.1) is 0 Å². The molecular formula is C22H38O2S. The van der Waals surface area contributed by atoms with Gasteiger partial charge in [0.25, 0.3) is 0 Å². The molecule has 0 heterocycles. The molecule has 1 rings (SSSR count). The Morgan fingerprint density at radius 1 is 0.680 bits per heavy atom. The van der Waals surface area contributed by atoms with Gasteiger partial charge in [-0.2, -0.15) is 0 Å². The molecule has 3 heteroatoms. The Bertz CT molecular complexity index is 434. The van der Waals surface area contributed by atoms with E-state index in [9.17, 15) is 0 Å². The molecule has 25 heavy (non-hydrogen) atoms. The van der Waals surface area contributed by atoms with Crippen LogP contribution in [0.3, 0.4) is 0 Å². The number of hydrogen-bond acceptors (Lipinski definition) is 3. The van der Waals surface area contributed by atoms with Crippen LogP contribution >= 0.6 is 12.6 Å². The molecule has 0 atom stereocenters. The Balaban J connectivity index is 2.14. The highest BCUT2D eigenvalue weighted by Crippen LogP contribution is 2.27. The minimum atomic E-state index is 0.775. The summed E-state index contributed by atoms with van der Waals surface area (Å²) in [5.41, 5.74) is 0. The van der Waals surface area contributed by atoms with Gasteiger partial charge in [0.2, 0.25) is 0 Å². The first-order chi connectivity index (χ1) is 12.3. The molecule has 0 fully saturated rings. The average molecular weight is 367 g/mol. The van der Waals surface area contributed by atoms with Gasteiger partial charge in [-0.3, -0.25) is 0 Å². The number of unbranched alkanes of at least 4 members (excludes halogenated alkanes) is 10. The predicted molar refractivity (Wildman–Crippen MR) is 111 cm³/mol. The fraction of sp³-hybridized carbons (Fsp3) is 0.727. The van der Waals surface area contributed by atoms with Gasteiger partial charge in [0.05, 0.1) is 13.2 Å². The molecule has 0 bridgehead atoms. The van der Waals surface area contributed by atoms with Crippen molar-refractivity contribution in [3.05, 3.63) is 18.2 Å². The molecule has 0 saturated heterocycles. The van der Waals surface area contributed by atoms with Gasteiger partial charge in [0.1, 0.15) is 11.5 Å². The first-order valence-corrected chi connectivity index (χ1v) is 10.8. The molecule has 0 aromatic heterocycles. The van der Waals surface area contributed by atoms with Gasteiger partial charge in [-0.25, -0.2) is 0 Å². The highest BCUT2D eigenvalue weighted by Gasteiger charge is 2.03. The summed E-state index contributed by atoms with van der Waals surface area (Å²) in [6.07, 6.45) is 15.4. The van der Waals surface area contributed by atoms with Gasteiger partial charge in [-0.15, -0.1) is 12.6 Å². The van der Waals surface area contributed by atoms with Crippen molar-refractivity contribution in [3.8, 4) is 11.5 Å². The summed E-state index contributed by atoms with van der Waals surface area (Å²) in [5, 5.41) is 0. The van der Waals surface area contributed by atoms with E-state index < -0.39 is 0 Å². The predicted octanol–water partition coefficient (Wildman–Crippen LogP) is 7.45. The van der Waals surface area contributed by atoms with Crippen molar-refractivity contribution < 1.29 is 9.47 Å². The van der Waals surface area contributed by atoms with Crippen molar-refractivity contribution in [1.82, 2.24) is 0 Å². The second kappa shape index (κ2) is 15.4. The molecule has 0 saturated carbocycles. The standard InChI is InChI=1S/C22H38O2S/c1-3-5-7-9-11-13-17-23-20-15-16-21(22(25)19-20)24-18-14-12-10-8-6-4-2/h15-16,19,25H,3-14,17-18H2,1-2H3. The highest BCUT2D eigenvalue weighted by atomic mass is 32.1. The van der Waals surface area contributed by atoms with Crippen LogP contribution in [0.4, 0.5) is 0 Å². The van der Waals surface area contributed by atoms with Gasteiger partial charge >= 0.3 is 0 Å². The molecule has 2 nitrogen and oxygen atoms in total. The lowest BCUT2D eigenvalue weighted by molar-refractivity contribution is 0.290. The zero-order valence-electron chi connectivity index (χ0n) is 16.4. The third-order valence-corrected chi connectivity index (χ3v) is 4.80. The van der Waals surface area contributed by atoms with Crippen molar-refractivity contribution in [2.24, 2.45) is 0 Å². The Labute approximate surface area is 161 Å². The zero-order chi connectivity index (χ0) is 18.2. The third kappa shape index (κ3) is 11.4. The zero-order valence-corrected chi connectivity index (χ0v) is 17.3. The maximum atomic E-state index is 5.85. The molecule has 0 aliphatic heterocycles. The second-order valence-electron chi connectivity index (χ2n) is 6.86. The molecule has 1 aromatic rings. The number of thiol groups is 1. The van der Waals surface area contributed by atoms with Crippen LogP contribution in [0.2, 0.25) is 0 Å². The SMILES string of the molecule is CCCCCCCCOc1ccc(OCCCCCCCC)c(S)c1. The molecule has 0 N–H and O–H groups in total. The van der Waals surface area contributed by atoms with E-state index in [-0.39, 0.29) is 0 Å². The minimum absolute atomic E-state index is 0.775. The maximum Gasteiger partial charge on any atom is 0.132 e. The van der Waals surface area contributed by atoms with Crippen LogP contribution in [-0.2, 0) is 0 Å². The number of hydrogen-bond donors (Lipinski definition) is 1. The van der Waals surface area contributed by atoms with E-state index in [1.54, 1.807) is 0 Å². The molecule has 0 unspecified atom stereocenters. The number of rotatable bonds is 16. The molecule has 0 aliphatic carbocycles. The summed E-state index contributed by atoms with van der Waals surface area (Å²) in [6.45, 7) is 6.06. The van der Waals surface area contributed by atoms with Crippen molar-refractivity contribution in [1.29, 1.82) is 0 Å². The lowest BCUT2D eigenvalue weighted by Crippen LogP contribution is -2.00. The monoisotopic (exact) mass is 366 g/mol. The number of benzene rings is 1. The molecular weight excluding hydrogens is 328 g/mol. The lowest BCUT2D eigenvalue weighted by Gasteiger charge is -2.11. The van der Waals surface area contributed by atoms with Gasteiger partial charge < -0.3 is 9.47 Å². The van der Waals surface area contributed by atoms with E-state index in [0.29, 0.717) is 0 Å². The van der Waals surface area contributed by atoms with Crippen LogP contribution in [0.15, 0.2) is 23.1 Å². The first-order valence-electron chi connectivity index (χ1n) is 10.4. The van der Waals surface area contributed by atoms with Crippen molar-refractivity contribution in [3.63, 3.8) is 0 Å². The normalized spacial score (nSPS) is 10.8. The topological polar surface area (TPSA) is 18.5 Å². The number of ether oxygens (including phenoxy) is 2.